The number of H-pyrrole nitrogens is 1. The highest BCUT2D eigenvalue weighted by Crippen LogP contribution is 2.10. The van der Waals surface area contributed by atoms with Crippen molar-refractivity contribution in [3.8, 4) is 0 Å². The van der Waals surface area contributed by atoms with Crippen LogP contribution < -0.4 is 5.56 Å². The van der Waals surface area contributed by atoms with Crippen LogP contribution in [0.25, 0.3) is 10.9 Å². The summed E-state index contributed by atoms with van der Waals surface area (Å²) in [5, 5.41) is 0.676. The summed E-state index contributed by atoms with van der Waals surface area (Å²) in [5.41, 5.74) is 1.87. The van der Waals surface area contributed by atoms with Gasteiger partial charge in [0.1, 0.15) is 5.82 Å². The highest BCUT2D eigenvalue weighted by atomic mass is 16.1. The van der Waals surface area contributed by atoms with E-state index in [9.17, 15) is 4.79 Å². The van der Waals surface area contributed by atoms with Crippen molar-refractivity contribution >= 4 is 10.9 Å². The van der Waals surface area contributed by atoms with Gasteiger partial charge in [0.05, 0.1) is 10.9 Å². The van der Waals surface area contributed by atoms with Crippen molar-refractivity contribution in [3.63, 3.8) is 0 Å². The van der Waals surface area contributed by atoms with Gasteiger partial charge in [-0.05, 0) is 31.0 Å². The molecule has 0 unspecified atom stereocenters. The van der Waals surface area contributed by atoms with Gasteiger partial charge in [-0.15, -0.1) is 0 Å². The molecular formula is C11H12N2O. The van der Waals surface area contributed by atoms with E-state index in [-0.39, 0.29) is 5.56 Å². The third-order valence-corrected chi connectivity index (χ3v) is 2.31. The molecule has 0 saturated carbocycles. The van der Waals surface area contributed by atoms with E-state index in [1.165, 1.54) is 0 Å². The lowest BCUT2D eigenvalue weighted by molar-refractivity contribution is 1.05. The summed E-state index contributed by atoms with van der Waals surface area (Å²) in [5.74, 6) is 0.659. The summed E-state index contributed by atoms with van der Waals surface area (Å²) < 4.78 is 0. The van der Waals surface area contributed by atoms with Gasteiger partial charge >= 0.3 is 0 Å². The first kappa shape index (κ1) is 8.94. The Kier molecular flexibility index (Phi) is 2.08. The van der Waals surface area contributed by atoms with Crippen molar-refractivity contribution in [3.05, 3.63) is 39.9 Å². The zero-order valence-electron chi connectivity index (χ0n) is 8.29. The van der Waals surface area contributed by atoms with Crippen LogP contribution in [-0.4, -0.2) is 9.97 Å². The molecule has 0 aliphatic heterocycles. The van der Waals surface area contributed by atoms with E-state index in [2.05, 4.69) is 16.9 Å². The summed E-state index contributed by atoms with van der Waals surface area (Å²) in [4.78, 5) is 18.5. The van der Waals surface area contributed by atoms with Crippen molar-refractivity contribution < 1.29 is 0 Å². The lowest BCUT2D eigenvalue weighted by Crippen LogP contribution is -2.09. The van der Waals surface area contributed by atoms with Crippen molar-refractivity contribution in [1.82, 2.24) is 9.97 Å². The Balaban J connectivity index is 2.82. The Morgan fingerprint density at radius 3 is 2.93 bits per heavy atom. The zero-order valence-corrected chi connectivity index (χ0v) is 8.29. The third-order valence-electron chi connectivity index (χ3n) is 2.31. The van der Waals surface area contributed by atoms with Crippen LogP contribution in [0.2, 0.25) is 0 Å². The fourth-order valence-electron chi connectivity index (χ4n) is 1.53. The first-order valence-corrected chi connectivity index (χ1v) is 4.70. The fraction of sp³-hybridized carbons (Fsp3) is 0.273. The topological polar surface area (TPSA) is 45.8 Å². The molecule has 2 rings (SSSR count). The Bertz CT molecular complexity index is 528. The largest absolute Gasteiger partial charge is 0.343 e. The molecule has 72 valence electrons. The smallest absolute Gasteiger partial charge is 0.280 e. The highest BCUT2D eigenvalue weighted by molar-refractivity contribution is 5.78. The number of rotatable bonds is 1. The van der Waals surface area contributed by atoms with Gasteiger partial charge in [0, 0.05) is 0 Å². The SMILES string of the molecule is CCc1ccc2[nH]c(C)nc(=O)c2c1. The van der Waals surface area contributed by atoms with E-state index in [0.717, 1.165) is 17.5 Å². The molecule has 0 spiro atoms. The average molecular weight is 188 g/mol. The van der Waals surface area contributed by atoms with Crippen LogP contribution in [0.1, 0.15) is 18.3 Å². The molecule has 1 aromatic carbocycles. The summed E-state index contributed by atoms with van der Waals surface area (Å²) in [6.45, 7) is 3.85. The quantitative estimate of drug-likeness (QED) is 0.741. The number of aryl methyl sites for hydroxylation is 2. The van der Waals surface area contributed by atoms with Gasteiger partial charge in [-0.25, -0.2) is 0 Å². The van der Waals surface area contributed by atoms with Gasteiger partial charge in [0.2, 0.25) is 0 Å². The molecule has 2 aromatic rings. The molecule has 0 radical (unpaired) electrons. The molecule has 0 atom stereocenters. The van der Waals surface area contributed by atoms with Crippen molar-refractivity contribution in [2.45, 2.75) is 20.3 Å². The van der Waals surface area contributed by atoms with Crippen LogP contribution in [0.5, 0.6) is 0 Å². The van der Waals surface area contributed by atoms with Gasteiger partial charge in [0.25, 0.3) is 5.56 Å². The minimum absolute atomic E-state index is 0.147. The monoisotopic (exact) mass is 188 g/mol. The lowest BCUT2D eigenvalue weighted by Gasteiger charge is -2.01. The highest BCUT2D eigenvalue weighted by Gasteiger charge is 2.01. The summed E-state index contributed by atoms with van der Waals surface area (Å²) in [6.07, 6.45) is 0.934. The second-order valence-electron chi connectivity index (χ2n) is 3.36. The molecule has 14 heavy (non-hydrogen) atoms. The number of aromatic amines is 1. The van der Waals surface area contributed by atoms with E-state index in [1.54, 1.807) is 6.92 Å². The van der Waals surface area contributed by atoms with Gasteiger partial charge in [-0.2, -0.15) is 4.98 Å². The molecule has 0 bridgehead atoms. The van der Waals surface area contributed by atoms with Crippen LogP contribution in [0, 0.1) is 6.92 Å². The Labute approximate surface area is 81.8 Å². The van der Waals surface area contributed by atoms with Gasteiger partial charge in [0.15, 0.2) is 0 Å². The number of hydrogen-bond acceptors (Lipinski definition) is 2. The van der Waals surface area contributed by atoms with Gasteiger partial charge in [-0.3, -0.25) is 4.79 Å². The number of fused-ring (bicyclic) bond motifs is 1. The predicted molar refractivity (Wildman–Crippen MR) is 56.5 cm³/mol. The lowest BCUT2D eigenvalue weighted by atomic mass is 10.1. The van der Waals surface area contributed by atoms with Crippen molar-refractivity contribution in [2.24, 2.45) is 0 Å². The van der Waals surface area contributed by atoms with E-state index in [4.69, 9.17) is 0 Å². The fourth-order valence-corrected chi connectivity index (χ4v) is 1.53. The molecule has 1 aromatic heterocycles. The first-order valence-electron chi connectivity index (χ1n) is 4.70. The first-order chi connectivity index (χ1) is 6.70. The number of hydrogen-bond donors (Lipinski definition) is 1. The molecular weight excluding hydrogens is 176 g/mol. The summed E-state index contributed by atoms with van der Waals surface area (Å²) >= 11 is 0. The number of nitrogens with one attached hydrogen (secondary N) is 1. The van der Waals surface area contributed by atoms with Crippen LogP contribution in [0.3, 0.4) is 0 Å². The molecule has 3 heteroatoms. The van der Waals surface area contributed by atoms with Gasteiger partial charge < -0.3 is 4.98 Å². The Hall–Kier alpha value is -1.64. The predicted octanol–water partition coefficient (Wildman–Crippen LogP) is 1.79. The van der Waals surface area contributed by atoms with Crippen LogP contribution >= 0.6 is 0 Å². The maximum atomic E-state index is 11.5. The zero-order chi connectivity index (χ0) is 10.1. The number of nitrogens with zero attached hydrogens (tertiary/aromatic N) is 1. The minimum atomic E-state index is -0.147. The Morgan fingerprint density at radius 1 is 1.43 bits per heavy atom. The molecule has 0 amide bonds. The van der Waals surface area contributed by atoms with Crippen LogP contribution in [0.4, 0.5) is 0 Å². The molecule has 1 N–H and O–H groups in total. The van der Waals surface area contributed by atoms with Crippen molar-refractivity contribution in [1.29, 1.82) is 0 Å². The Morgan fingerprint density at radius 2 is 2.21 bits per heavy atom. The van der Waals surface area contributed by atoms with E-state index >= 15 is 0 Å². The molecule has 3 nitrogen and oxygen atoms in total. The second-order valence-corrected chi connectivity index (χ2v) is 3.36. The van der Waals surface area contributed by atoms with Crippen molar-refractivity contribution in [2.75, 3.05) is 0 Å². The molecule has 1 heterocycles. The third kappa shape index (κ3) is 1.41. The molecule has 0 aliphatic rings. The van der Waals surface area contributed by atoms with E-state index in [1.807, 2.05) is 18.2 Å². The average Bonchev–Trinajstić information content (AvgIpc) is 2.17. The standard InChI is InChI=1S/C11H12N2O/c1-3-8-4-5-10-9(6-8)11(14)13-7(2)12-10/h4-6H,3H2,1-2H3,(H,12,13,14). The molecule has 0 saturated heterocycles. The number of benzene rings is 1. The normalized spacial score (nSPS) is 10.7. The summed E-state index contributed by atoms with van der Waals surface area (Å²) in [7, 11) is 0. The molecule has 0 aliphatic carbocycles. The number of aromatic nitrogens is 2. The maximum absolute atomic E-state index is 11.5. The van der Waals surface area contributed by atoms with E-state index in [0.29, 0.717) is 11.2 Å². The summed E-state index contributed by atoms with van der Waals surface area (Å²) in [6, 6.07) is 5.86. The maximum Gasteiger partial charge on any atom is 0.280 e. The van der Waals surface area contributed by atoms with Crippen LogP contribution in [-0.2, 0) is 6.42 Å². The van der Waals surface area contributed by atoms with Crippen LogP contribution in [0.15, 0.2) is 23.0 Å². The molecule has 0 fully saturated rings. The van der Waals surface area contributed by atoms with Gasteiger partial charge in [-0.1, -0.05) is 13.0 Å². The van der Waals surface area contributed by atoms with E-state index < -0.39 is 0 Å². The second kappa shape index (κ2) is 3.25. The minimum Gasteiger partial charge on any atom is -0.343 e.